The average molecular weight is 619 g/mol. The van der Waals surface area contributed by atoms with Crippen molar-refractivity contribution in [3.63, 3.8) is 0 Å². The lowest BCUT2D eigenvalue weighted by Gasteiger charge is -2.26. The van der Waals surface area contributed by atoms with Gasteiger partial charge in [-0.25, -0.2) is 9.69 Å². The fourth-order valence-electron chi connectivity index (χ4n) is 5.03. The summed E-state index contributed by atoms with van der Waals surface area (Å²) in [6.07, 6.45) is 7.95. The number of rotatable bonds is 5. The Hall–Kier alpha value is -2.61. The minimum absolute atomic E-state index is 0.0116. The van der Waals surface area contributed by atoms with Crippen LogP contribution in [0.1, 0.15) is 65.9 Å². The maximum Gasteiger partial charge on any atom is 0.407 e. The van der Waals surface area contributed by atoms with Crippen molar-refractivity contribution in [3.05, 3.63) is 60.7 Å². The van der Waals surface area contributed by atoms with Gasteiger partial charge < -0.3 is 0 Å². The number of nitrogens with one attached hydrogen (secondary N) is 2. The minimum atomic E-state index is -1.63. The molecule has 1 saturated carbocycles. The van der Waals surface area contributed by atoms with E-state index in [-0.39, 0.29) is 18.1 Å². The molecule has 2 N–H and O–H groups in total. The largest absolute Gasteiger partial charge is 0.407 e. The van der Waals surface area contributed by atoms with Crippen LogP contribution in [0.5, 0.6) is 0 Å². The van der Waals surface area contributed by atoms with Crippen molar-refractivity contribution in [3.8, 4) is 28.1 Å². The van der Waals surface area contributed by atoms with Crippen LogP contribution in [0, 0.1) is 17.8 Å². The van der Waals surface area contributed by atoms with Gasteiger partial charge in [-0.1, -0.05) is 54.3 Å². The van der Waals surface area contributed by atoms with E-state index < -0.39 is 10.6 Å². The Bertz CT molecular complexity index is 1600. The topological polar surface area (TPSA) is 83.6 Å². The number of thiophene rings is 1. The highest BCUT2D eigenvalue weighted by Gasteiger charge is 2.30. The van der Waals surface area contributed by atoms with Crippen molar-refractivity contribution in [2.75, 3.05) is 20.1 Å². The van der Waals surface area contributed by atoms with Crippen LogP contribution in [0.4, 0.5) is 0 Å². The first-order chi connectivity index (χ1) is 19.4. The van der Waals surface area contributed by atoms with Gasteiger partial charge in [0.2, 0.25) is 0 Å². The molecular formula is C28H31Cl2N6O2S2+. The Labute approximate surface area is 250 Å². The maximum absolute atomic E-state index is 13.6. The number of aromatic nitrogens is 2. The van der Waals surface area contributed by atoms with Crippen molar-refractivity contribution >= 4 is 51.1 Å². The molecule has 0 spiro atoms. The van der Waals surface area contributed by atoms with Crippen LogP contribution in [0.25, 0.3) is 20.4 Å². The third-order valence-electron chi connectivity index (χ3n) is 7.06. The summed E-state index contributed by atoms with van der Waals surface area (Å²) in [6.45, 7) is 1.57. The van der Waals surface area contributed by atoms with E-state index in [1.165, 1.54) is 24.2 Å². The summed E-state index contributed by atoms with van der Waals surface area (Å²) in [5.74, 6) is 6.87. The van der Waals surface area contributed by atoms with Gasteiger partial charge in [0.25, 0.3) is 5.91 Å². The molecule has 1 saturated heterocycles. The van der Waals surface area contributed by atoms with E-state index in [1.807, 2.05) is 17.1 Å². The molecule has 1 aliphatic carbocycles. The van der Waals surface area contributed by atoms with Crippen LogP contribution >= 0.6 is 34.5 Å². The Morgan fingerprint density at radius 2 is 1.93 bits per heavy atom. The lowest BCUT2D eigenvalue weighted by Crippen LogP contribution is -2.45. The number of hydrogen-bond acceptors (Lipinski definition) is 5. The first-order valence-corrected chi connectivity index (χ1v) is 16.1. The van der Waals surface area contributed by atoms with Gasteiger partial charge in [-0.2, -0.15) is 9.82 Å². The average Bonchev–Trinajstić information content (AvgIpc) is 3.71. The van der Waals surface area contributed by atoms with Crippen LogP contribution in [-0.2, 0) is 17.2 Å². The molecule has 2 aromatic heterocycles. The summed E-state index contributed by atoms with van der Waals surface area (Å²) >= 11 is 14.4. The molecule has 0 atom stereocenters. The fraction of sp³-hybridized carbons (Fsp3) is 0.429. The molecule has 3 aromatic rings. The van der Waals surface area contributed by atoms with Crippen molar-refractivity contribution in [2.45, 2.75) is 51.5 Å². The number of hydrogen-bond donors (Lipinski definition) is 2. The molecule has 40 heavy (non-hydrogen) atoms. The lowest BCUT2D eigenvalue weighted by molar-refractivity contribution is 0.0743. The number of amides is 1. The molecule has 0 bridgehead atoms. The summed E-state index contributed by atoms with van der Waals surface area (Å²) in [7, 11) is -0.0632. The summed E-state index contributed by atoms with van der Waals surface area (Å²) in [5.41, 5.74) is 5.00. The number of piperidine rings is 1. The van der Waals surface area contributed by atoms with Crippen molar-refractivity contribution < 1.29 is 9.00 Å². The zero-order valence-corrected chi connectivity index (χ0v) is 25.4. The highest BCUT2D eigenvalue weighted by molar-refractivity contribution is 7.71. The van der Waals surface area contributed by atoms with Gasteiger partial charge in [-0.3, -0.25) is 10.2 Å². The number of nitrogens with zero attached hydrogens (tertiary/aromatic N) is 4. The standard InChI is InChI=1S/C28H30Cl2N6O2S2/c1-31-40(38)32-18-22-26(28(37)34-35-15-5-2-6-16-35)33-36(24-13-10-20(29)17-23(24)30)27(22)25-14-12-21(39-25)11-9-19-7-3-4-8-19/h10,12-14,17,19H,2-8,15-16,18H2,1H3,(H,34,37)/p+1. The monoisotopic (exact) mass is 617 g/mol. The number of carbonyl (C=O) groups is 1. The number of halogens is 2. The van der Waals surface area contributed by atoms with E-state index in [4.69, 9.17) is 28.3 Å². The molecule has 0 unspecified atom stereocenters. The molecule has 12 heteroatoms. The zero-order valence-electron chi connectivity index (χ0n) is 22.2. The molecule has 210 valence electrons. The maximum atomic E-state index is 13.6. The quantitative estimate of drug-likeness (QED) is 0.331. The first kappa shape index (κ1) is 28.9. The van der Waals surface area contributed by atoms with Crippen molar-refractivity contribution in [1.29, 1.82) is 0 Å². The molecule has 8 nitrogen and oxygen atoms in total. The predicted octanol–water partition coefficient (Wildman–Crippen LogP) is 6.25. The fourth-order valence-corrected chi connectivity index (χ4v) is 6.82. The number of hydrazine groups is 1. The third kappa shape index (κ3) is 6.81. The first-order valence-electron chi connectivity index (χ1n) is 13.4. The van der Waals surface area contributed by atoms with Crippen LogP contribution in [0.2, 0.25) is 10.0 Å². The van der Waals surface area contributed by atoms with E-state index >= 15 is 0 Å². The van der Waals surface area contributed by atoms with Crippen molar-refractivity contribution in [1.82, 2.24) is 24.9 Å². The Kier molecular flexibility index (Phi) is 9.66. The Balaban J connectivity index is 1.64. The van der Waals surface area contributed by atoms with E-state index in [9.17, 15) is 9.00 Å². The molecule has 5 rings (SSSR count). The Morgan fingerprint density at radius 1 is 1.15 bits per heavy atom. The highest BCUT2D eigenvalue weighted by atomic mass is 35.5. The van der Waals surface area contributed by atoms with Gasteiger partial charge in [0, 0.05) is 31.1 Å². The Morgan fingerprint density at radius 3 is 2.65 bits per heavy atom. The van der Waals surface area contributed by atoms with Crippen molar-refractivity contribution in [2.24, 2.45) is 5.92 Å². The molecule has 1 aliphatic heterocycles. The molecule has 3 heterocycles. The van der Waals surface area contributed by atoms with Gasteiger partial charge in [0.1, 0.15) is 0 Å². The van der Waals surface area contributed by atoms with Gasteiger partial charge in [-0.05, 0) is 60.2 Å². The van der Waals surface area contributed by atoms with Crippen LogP contribution in [-0.4, -0.2) is 45.0 Å². The highest BCUT2D eigenvalue weighted by Crippen LogP contribution is 2.37. The summed E-state index contributed by atoms with van der Waals surface area (Å²) < 4.78 is 20.8. The zero-order chi connectivity index (χ0) is 28.1. The van der Waals surface area contributed by atoms with E-state index in [0.717, 1.165) is 54.9 Å². The molecule has 1 amide bonds. The predicted molar refractivity (Wildman–Crippen MR) is 163 cm³/mol. The number of carbonyl (C=O) groups excluding carboxylic acids is 1. The smallest absolute Gasteiger partial charge is 0.283 e. The van der Waals surface area contributed by atoms with E-state index in [0.29, 0.717) is 32.9 Å². The van der Waals surface area contributed by atoms with Gasteiger partial charge in [0.15, 0.2) is 5.69 Å². The summed E-state index contributed by atoms with van der Waals surface area (Å²) in [5, 5.41) is 7.58. The second kappa shape index (κ2) is 13.4. The second-order valence-corrected chi connectivity index (χ2v) is 12.9. The normalized spacial score (nSPS) is 15.9. The SMILES string of the molecule is CNS(=O)#[N+]Cc1c(C(=O)NN2CCCCC2)nn(-c2ccc(Cl)cc2Cl)c1-c1ccc(C#CC2CCCC2)s1. The molecule has 2 fully saturated rings. The van der Waals surface area contributed by atoms with Gasteiger partial charge >= 0.3 is 17.2 Å². The van der Waals surface area contributed by atoms with Crippen LogP contribution < -0.4 is 10.1 Å². The van der Waals surface area contributed by atoms with Crippen LogP contribution in [0.15, 0.2) is 30.3 Å². The molecule has 0 radical (unpaired) electrons. The number of benzene rings is 1. The van der Waals surface area contributed by atoms with E-state index in [2.05, 4.69) is 26.2 Å². The third-order valence-corrected chi connectivity index (χ3v) is 9.32. The minimum Gasteiger partial charge on any atom is -0.283 e. The molecular weight excluding hydrogens is 587 g/mol. The van der Waals surface area contributed by atoms with E-state index in [1.54, 1.807) is 29.9 Å². The molecule has 1 aromatic carbocycles. The summed E-state index contributed by atoms with van der Waals surface area (Å²) in [4.78, 5) is 15.4. The summed E-state index contributed by atoms with van der Waals surface area (Å²) in [6, 6.07) is 9.11. The van der Waals surface area contributed by atoms with Crippen LogP contribution in [0.3, 0.4) is 0 Å². The molecule has 2 aliphatic rings. The van der Waals surface area contributed by atoms with Gasteiger partial charge in [0.05, 0.1) is 31.7 Å². The van der Waals surface area contributed by atoms with Gasteiger partial charge in [-0.15, -0.1) is 15.5 Å². The lowest BCUT2D eigenvalue weighted by atomic mass is 10.1. The second-order valence-electron chi connectivity index (χ2n) is 9.83.